The first-order chi connectivity index (χ1) is 12.7. The fraction of sp³-hybridized carbons (Fsp3) is 0.158. The molecule has 7 heteroatoms. The number of rotatable bonds is 5. The van der Waals surface area contributed by atoms with Crippen LogP contribution in [0.3, 0.4) is 0 Å². The van der Waals surface area contributed by atoms with Gasteiger partial charge in [-0.3, -0.25) is 9.69 Å². The number of hydrogen-bond acceptors (Lipinski definition) is 5. The number of hydrogen-bond donors (Lipinski definition) is 0. The van der Waals surface area contributed by atoms with Crippen molar-refractivity contribution in [3.05, 3.63) is 59.3 Å². The molecule has 5 nitrogen and oxygen atoms in total. The van der Waals surface area contributed by atoms with Crippen molar-refractivity contribution >= 4 is 55.2 Å². The van der Waals surface area contributed by atoms with Crippen LogP contribution in [0.1, 0.15) is 10.6 Å². The highest BCUT2D eigenvalue weighted by Crippen LogP contribution is 2.31. The fourth-order valence-corrected chi connectivity index (χ4v) is 3.87. The van der Waals surface area contributed by atoms with Gasteiger partial charge in [0.1, 0.15) is 5.58 Å². The Morgan fingerprint density at radius 2 is 2.12 bits per heavy atom. The van der Waals surface area contributed by atoms with Gasteiger partial charge >= 0.3 is 0 Å². The van der Waals surface area contributed by atoms with Crippen LogP contribution < -0.4 is 4.90 Å². The predicted octanol–water partition coefficient (Wildman–Crippen LogP) is 4.99. The van der Waals surface area contributed by atoms with Crippen molar-refractivity contribution in [3.63, 3.8) is 0 Å². The van der Waals surface area contributed by atoms with Crippen LogP contribution in [-0.4, -0.2) is 31.2 Å². The van der Waals surface area contributed by atoms with E-state index < -0.39 is 0 Å². The fourth-order valence-electron chi connectivity index (χ4n) is 2.69. The van der Waals surface area contributed by atoms with E-state index in [1.807, 2.05) is 24.3 Å². The van der Waals surface area contributed by atoms with Gasteiger partial charge in [-0.05, 0) is 36.4 Å². The van der Waals surface area contributed by atoms with Gasteiger partial charge in [0.25, 0.3) is 5.91 Å². The predicted molar refractivity (Wildman–Crippen MR) is 104 cm³/mol. The third-order valence-corrected chi connectivity index (χ3v) is 5.26. The van der Waals surface area contributed by atoms with Gasteiger partial charge in [-0.15, -0.1) is 0 Å². The molecule has 26 heavy (non-hydrogen) atoms. The number of methoxy groups -OCH3 is 1. The molecule has 2 heterocycles. The summed E-state index contributed by atoms with van der Waals surface area (Å²) < 4.78 is 11.9. The Labute approximate surface area is 158 Å². The van der Waals surface area contributed by atoms with Crippen LogP contribution in [0.25, 0.3) is 21.2 Å². The van der Waals surface area contributed by atoms with Crippen LogP contribution in [0, 0.1) is 0 Å². The lowest BCUT2D eigenvalue weighted by atomic mass is 10.2. The maximum atomic E-state index is 13.1. The molecule has 0 aliphatic rings. The normalized spacial score (nSPS) is 11.3. The lowest BCUT2D eigenvalue weighted by Gasteiger charge is -2.17. The number of para-hydroxylation sites is 1. The minimum Gasteiger partial charge on any atom is -0.451 e. The molecule has 132 valence electrons. The Kier molecular flexibility index (Phi) is 4.63. The molecule has 0 radical (unpaired) electrons. The standard InChI is InChI=1S/C19H15ClN2O3S/c1-24-9-8-22(19-21-14-4-2-3-5-17(14)26-19)18(23)16-11-12-10-13(20)6-7-15(12)25-16/h2-7,10-11H,8-9H2,1H3. The molecule has 4 aromatic rings. The summed E-state index contributed by atoms with van der Waals surface area (Å²) in [5.41, 5.74) is 1.48. The number of ether oxygens (including phenoxy) is 1. The van der Waals surface area contributed by atoms with Crippen LogP contribution in [0.15, 0.2) is 52.9 Å². The second-order valence-electron chi connectivity index (χ2n) is 5.71. The number of aromatic nitrogens is 1. The van der Waals surface area contributed by atoms with Crippen molar-refractivity contribution in [3.8, 4) is 0 Å². The molecule has 0 N–H and O–H groups in total. The number of anilines is 1. The number of carbonyl (C=O) groups excluding carboxylic acids is 1. The SMILES string of the molecule is COCCN(C(=O)c1cc2cc(Cl)ccc2o1)c1nc2ccccc2s1. The van der Waals surface area contributed by atoms with E-state index in [0.717, 1.165) is 15.6 Å². The van der Waals surface area contributed by atoms with Crippen molar-refractivity contribution in [2.45, 2.75) is 0 Å². The Balaban J connectivity index is 1.73. The molecule has 0 saturated heterocycles. The van der Waals surface area contributed by atoms with Crippen molar-refractivity contribution < 1.29 is 13.9 Å². The average molecular weight is 387 g/mol. The molecule has 0 aliphatic heterocycles. The van der Waals surface area contributed by atoms with Crippen LogP contribution >= 0.6 is 22.9 Å². The number of halogens is 1. The quantitative estimate of drug-likeness (QED) is 0.485. The minimum atomic E-state index is -0.256. The van der Waals surface area contributed by atoms with Gasteiger partial charge in [0.05, 0.1) is 23.4 Å². The lowest BCUT2D eigenvalue weighted by Crippen LogP contribution is -2.33. The van der Waals surface area contributed by atoms with E-state index in [0.29, 0.717) is 28.9 Å². The summed E-state index contributed by atoms with van der Waals surface area (Å²) >= 11 is 7.48. The largest absolute Gasteiger partial charge is 0.451 e. The van der Waals surface area contributed by atoms with Crippen molar-refractivity contribution in [1.82, 2.24) is 4.98 Å². The smallest absolute Gasteiger partial charge is 0.295 e. The number of nitrogens with zero attached hydrogens (tertiary/aromatic N) is 2. The van der Waals surface area contributed by atoms with Gasteiger partial charge < -0.3 is 9.15 Å². The summed E-state index contributed by atoms with van der Waals surface area (Å²) in [6, 6.07) is 14.8. The second kappa shape index (κ2) is 7.07. The molecule has 0 aliphatic carbocycles. The lowest BCUT2D eigenvalue weighted by molar-refractivity contribution is 0.0951. The van der Waals surface area contributed by atoms with E-state index in [1.54, 1.807) is 36.3 Å². The monoisotopic (exact) mass is 386 g/mol. The number of furan rings is 1. The van der Waals surface area contributed by atoms with Gasteiger partial charge in [0.2, 0.25) is 0 Å². The van der Waals surface area contributed by atoms with E-state index in [9.17, 15) is 4.79 Å². The molecule has 2 aromatic heterocycles. The molecular weight excluding hydrogens is 372 g/mol. The highest BCUT2D eigenvalue weighted by molar-refractivity contribution is 7.22. The Morgan fingerprint density at radius 1 is 1.27 bits per heavy atom. The minimum absolute atomic E-state index is 0.248. The van der Waals surface area contributed by atoms with Gasteiger partial charge in [0, 0.05) is 17.5 Å². The molecular formula is C19H15ClN2O3S. The molecule has 0 unspecified atom stereocenters. The van der Waals surface area contributed by atoms with Crippen LogP contribution in [0.2, 0.25) is 5.02 Å². The average Bonchev–Trinajstić information content (AvgIpc) is 3.25. The van der Waals surface area contributed by atoms with Gasteiger partial charge in [-0.2, -0.15) is 0 Å². The third-order valence-electron chi connectivity index (χ3n) is 3.97. The zero-order chi connectivity index (χ0) is 18.1. The molecule has 1 amide bonds. The van der Waals surface area contributed by atoms with Crippen LogP contribution in [0.4, 0.5) is 5.13 Å². The van der Waals surface area contributed by atoms with Gasteiger partial charge in [0.15, 0.2) is 10.9 Å². The number of carbonyl (C=O) groups is 1. The highest BCUT2D eigenvalue weighted by atomic mass is 35.5. The number of thiazole rings is 1. The number of benzene rings is 2. The molecule has 2 aromatic carbocycles. The molecule has 4 rings (SSSR count). The molecule has 0 saturated carbocycles. The van der Waals surface area contributed by atoms with Gasteiger partial charge in [-0.1, -0.05) is 35.1 Å². The topological polar surface area (TPSA) is 55.6 Å². The van der Waals surface area contributed by atoms with Crippen molar-refractivity contribution in [2.24, 2.45) is 0 Å². The highest BCUT2D eigenvalue weighted by Gasteiger charge is 2.24. The number of fused-ring (bicyclic) bond motifs is 2. The first-order valence-electron chi connectivity index (χ1n) is 8.01. The van der Waals surface area contributed by atoms with Crippen LogP contribution in [-0.2, 0) is 4.74 Å². The zero-order valence-electron chi connectivity index (χ0n) is 13.9. The van der Waals surface area contributed by atoms with Crippen LogP contribution in [0.5, 0.6) is 0 Å². The molecule has 0 fully saturated rings. The summed E-state index contributed by atoms with van der Waals surface area (Å²) in [7, 11) is 1.60. The summed E-state index contributed by atoms with van der Waals surface area (Å²) in [5.74, 6) is -0.00828. The Hall–Kier alpha value is -2.41. The van der Waals surface area contributed by atoms with E-state index in [2.05, 4.69) is 4.98 Å². The summed E-state index contributed by atoms with van der Waals surface area (Å²) in [4.78, 5) is 19.3. The van der Waals surface area contributed by atoms with E-state index in [1.165, 1.54) is 11.3 Å². The first-order valence-corrected chi connectivity index (χ1v) is 9.20. The first kappa shape index (κ1) is 17.0. The van der Waals surface area contributed by atoms with E-state index in [-0.39, 0.29) is 11.7 Å². The molecule has 0 spiro atoms. The maximum absolute atomic E-state index is 13.1. The molecule has 0 atom stereocenters. The Bertz CT molecular complexity index is 1060. The zero-order valence-corrected chi connectivity index (χ0v) is 15.5. The summed E-state index contributed by atoms with van der Waals surface area (Å²) in [6.07, 6.45) is 0. The van der Waals surface area contributed by atoms with Crippen molar-refractivity contribution in [1.29, 1.82) is 0 Å². The van der Waals surface area contributed by atoms with E-state index in [4.69, 9.17) is 20.8 Å². The summed E-state index contributed by atoms with van der Waals surface area (Å²) in [6.45, 7) is 0.778. The summed E-state index contributed by atoms with van der Waals surface area (Å²) in [5, 5.41) is 2.00. The van der Waals surface area contributed by atoms with Crippen molar-refractivity contribution in [2.75, 3.05) is 25.2 Å². The second-order valence-corrected chi connectivity index (χ2v) is 7.15. The third kappa shape index (κ3) is 3.19. The Morgan fingerprint density at radius 3 is 2.92 bits per heavy atom. The van der Waals surface area contributed by atoms with Gasteiger partial charge in [-0.25, -0.2) is 4.98 Å². The number of amides is 1. The molecule has 0 bridgehead atoms. The maximum Gasteiger partial charge on any atom is 0.295 e. The van der Waals surface area contributed by atoms with E-state index >= 15 is 0 Å².